The molecule has 1 aromatic heterocycles. The van der Waals surface area contributed by atoms with E-state index in [0.717, 1.165) is 15.4 Å². The molecule has 0 spiro atoms. The highest BCUT2D eigenvalue weighted by Crippen LogP contribution is 2.56. The van der Waals surface area contributed by atoms with E-state index in [9.17, 15) is 5.26 Å². The normalized spacial score (nSPS) is 13.2. The van der Waals surface area contributed by atoms with E-state index in [1.165, 1.54) is 160 Å². The number of nitrogens with zero attached hydrogens (tertiary/aromatic N) is 2. The Bertz CT molecular complexity index is 1490. The summed E-state index contributed by atoms with van der Waals surface area (Å²) in [5.74, 6) is 0. The molecule has 1 aliphatic carbocycles. The standard InChI is InChI=1S/C41H52N2S2/c1-3-5-7-9-11-13-15-19-27-41(28-20-16-14-12-10-8-6-4-2)36-29-32(40-43-38-21-17-18-22-39(38)45-40)23-25-34(36)35-26-24-33(44-31-42)30-37(35)41/h17-18,21-26,29-30H,3-16,19-20,27-28H2,1-2H3. The van der Waals surface area contributed by atoms with Crippen molar-refractivity contribution in [1.82, 2.24) is 4.98 Å². The van der Waals surface area contributed by atoms with Crippen LogP contribution < -0.4 is 0 Å². The van der Waals surface area contributed by atoms with Crippen LogP contribution in [-0.4, -0.2) is 4.98 Å². The molecule has 5 rings (SSSR count). The molecule has 0 fully saturated rings. The molecule has 1 heterocycles. The van der Waals surface area contributed by atoms with Gasteiger partial charge in [0.15, 0.2) is 0 Å². The number of para-hydroxylation sites is 1. The molecule has 0 unspecified atom stereocenters. The van der Waals surface area contributed by atoms with Crippen molar-refractivity contribution in [2.45, 2.75) is 140 Å². The quantitative estimate of drug-likeness (QED) is 0.0550. The number of hydrogen-bond acceptors (Lipinski definition) is 4. The number of benzene rings is 3. The minimum atomic E-state index is -0.00615. The Morgan fingerprint density at radius 3 is 1.82 bits per heavy atom. The number of hydrogen-bond donors (Lipinski definition) is 0. The number of aromatic nitrogens is 1. The molecular weight excluding hydrogens is 585 g/mol. The summed E-state index contributed by atoms with van der Waals surface area (Å²) >= 11 is 3.11. The van der Waals surface area contributed by atoms with Gasteiger partial charge in [-0.05, 0) is 77.2 Å². The highest BCUT2D eigenvalue weighted by molar-refractivity contribution is 8.03. The van der Waals surface area contributed by atoms with Crippen LogP contribution in [0.15, 0.2) is 65.6 Å². The number of rotatable bonds is 20. The van der Waals surface area contributed by atoms with Crippen LogP contribution in [0.2, 0.25) is 0 Å². The summed E-state index contributed by atoms with van der Waals surface area (Å²) in [6.45, 7) is 4.60. The first-order valence-corrected chi connectivity index (χ1v) is 19.5. The third kappa shape index (κ3) is 8.41. The minimum absolute atomic E-state index is 0.00615. The van der Waals surface area contributed by atoms with Crippen molar-refractivity contribution in [3.8, 4) is 27.1 Å². The van der Waals surface area contributed by atoms with Crippen LogP contribution in [0, 0.1) is 10.7 Å². The molecule has 238 valence electrons. The van der Waals surface area contributed by atoms with Crippen molar-refractivity contribution in [1.29, 1.82) is 5.26 Å². The number of thioether (sulfide) groups is 1. The van der Waals surface area contributed by atoms with Gasteiger partial charge in [-0.1, -0.05) is 147 Å². The Balaban J connectivity index is 1.44. The number of fused-ring (bicyclic) bond motifs is 4. The zero-order valence-corrected chi connectivity index (χ0v) is 29.3. The molecule has 0 saturated carbocycles. The van der Waals surface area contributed by atoms with Gasteiger partial charge in [0.2, 0.25) is 0 Å². The van der Waals surface area contributed by atoms with Crippen molar-refractivity contribution in [3.63, 3.8) is 0 Å². The van der Waals surface area contributed by atoms with E-state index < -0.39 is 0 Å². The fourth-order valence-electron chi connectivity index (χ4n) is 7.50. The summed E-state index contributed by atoms with van der Waals surface area (Å²) in [4.78, 5) is 6.13. The lowest BCUT2D eigenvalue weighted by Crippen LogP contribution is -2.25. The van der Waals surface area contributed by atoms with E-state index in [2.05, 4.69) is 79.9 Å². The summed E-state index contributed by atoms with van der Waals surface area (Å²) < 4.78 is 1.25. The van der Waals surface area contributed by atoms with E-state index >= 15 is 0 Å². The number of unbranched alkanes of at least 4 members (excludes halogenated alkanes) is 14. The van der Waals surface area contributed by atoms with Gasteiger partial charge in [0.1, 0.15) is 10.4 Å². The molecular formula is C41H52N2S2. The van der Waals surface area contributed by atoms with E-state index in [4.69, 9.17) is 4.98 Å². The molecule has 45 heavy (non-hydrogen) atoms. The van der Waals surface area contributed by atoms with Crippen molar-refractivity contribution in [2.24, 2.45) is 0 Å². The van der Waals surface area contributed by atoms with E-state index in [1.807, 2.05) is 0 Å². The summed E-state index contributed by atoms with van der Waals surface area (Å²) in [5, 5.41) is 13.0. The maximum absolute atomic E-state index is 9.56. The molecule has 0 aliphatic heterocycles. The van der Waals surface area contributed by atoms with E-state index in [1.54, 1.807) is 11.3 Å². The third-order valence-electron chi connectivity index (χ3n) is 9.95. The molecule has 0 amide bonds. The average Bonchev–Trinajstić information content (AvgIpc) is 3.61. The monoisotopic (exact) mass is 636 g/mol. The van der Waals surface area contributed by atoms with Gasteiger partial charge in [-0.25, -0.2) is 4.98 Å². The Morgan fingerprint density at radius 2 is 1.22 bits per heavy atom. The average molecular weight is 637 g/mol. The first kappa shape index (κ1) is 33.7. The van der Waals surface area contributed by atoms with Gasteiger partial charge in [0, 0.05) is 15.9 Å². The highest BCUT2D eigenvalue weighted by atomic mass is 32.2. The fourth-order valence-corrected chi connectivity index (χ4v) is 8.88. The molecule has 0 radical (unpaired) electrons. The van der Waals surface area contributed by atoms with Gasteiger partial charge in [-0.15, -0.1) is 11.3 Å². The summed E-state index contributed by atoms with van der Waals surface area (Å²) in [7, 11) is 0. The predicted octanol–water partition coefficient (Wildman–Crippen LogP) is 13.9. The Hall–Kier alpha value is -2.61. The summed E-state index contributed by atoms with van der Waals surface area (Å²) in [6.07, 6.45) is 23.8. The minimum Gasteiger partial charge on any atom is -0.236 e. The Labute approximate surface area is 281 Å². The van der Waals surface area contributed by atoms with Crippen LogP contribution >= 0.6 is 23.1 Å². The molecule has 4 heteroatoms. The van der Waals surface area contributed by atoms with Crippen LogP contribution in [0.4, 0.5) is 0 Å². The van der Waals surface area contributed by atoms with Crippen LogP contribution in [0.5, 0.6) is 0 Å². The van der Waals surface area contributed by atoms with Crippen LogP contribution in [0.3, 0.4) is 0 Å². The van der Waals surface area contributed by atoms with Gasteiger partial charge in [0.05, 0.1) is 10.2 Å². The van der Waals surface area contributed by atoms with E-state index in [0.29, 0.717) is 0 Å². The molecule has 0 atom stereocenters. The van der Waals surface area contributed by atoms with Crippen LogP contribution in [-0.2, 0) is 5.41 Å². The van der Waals surface area contributed by atoms with Crippen molar-refractivity contribution < 1.29 is 0 Å². The molecule has 0 N–H and O–H groups in total. The number of nitriles is 1. The van der Waals surface area contributed by atoms with Gasteiger partial charge in [0.25, 0.3) is 0 Å². The summed E-state index contributed by atoms with van der Waals surface area (Å²) in [6, 6.07) is 22.5. The van der Waals surface area contributed by atoms with Gasteiger partial charge < -0.3 is 0 Å². The largest absolute Gasteiger partial charge is 0.236 e. The van der Waals surface area contributed by atoms with Crippen molar-refractivity contribution >= 4 is 33.3 Å². The molecule has 1 aliphatic rings. The zero-order chi connectivity index (χ0) is 31.3. The second-order valence-corrected chi connectivity index (χ2v) is 15.1. The first-order chi connectivity index (χ1) is 22.2. The second-order valence-electron chi connectivity index (χ2n) is 13.2. The second kappa shape index (κ2) is 17.3. The number of thiocyanates is 1. The molecule has 3 aromatic carbocycles. The van der Waals surface area contributed by atoms with Crippen molar-refractivity contribution in [3.05, 3.63) is 71.8 Å². The van der Waals surface area contributed by atoms with Gasteiger partial charge in [-0.2, -0.15) is 5.26 Å². The van der Waals surface area contributed by atoms with Gasteiger partial charge >= 0.3 is 0 Å². The maximum atomic E-state index is 9.56. The molecule has 0 saturated heterocycles. The van der Waals surface area contributed by atoms with Crippen LogP contribution in [0.1, 0.15) is 141 Å². The molecule has 0 bridgehead atoms. The van der Waals surface area contributed by atoms with Gasteiger partial charge in [-0.3, -0.25) is 0 Å². The van der Waals surface area contributed by atoms with Crippen LogP contribution in [0.25, 0.3) is 31.9 Å². The summed E-state index contributed by atoms with van der Waals surface area (Å²) in [5.41, 5.74) is 8.05. The topological polar surface area (TPSA) is 36.7 Å². The fraction of sp³-hybridized carbons (Fsp3) is 0.512. The third-order valence-corrected chi connectivity index (χ3v) is 11.6. The lowest BCUT2D eigenvalue weighted by atomic mass is 9.70. The predicted molar refractivity (Wildman–Crippen MR) is 197 cm³/mol. The zero-order valence-electron chi connectivity index (χ0n) is 27.7. The first-order valence-electron chi connectivity index (χ1n) is 17.9. The number of thiazole rings is 1. The molecule has 2 nitrogen and oxygen atoms in total. The van der Waals surface area contributed by atoms with E-state index in [-0.39, 0.29) is 5.41 Å². The smallest absolute Gasteiger partial charge is 0.138 e. The van der Waals surface area contributed by atoms with Crippen molar-refractivity contribution in [2.75, 3.05) is 0 Å². The Kier molecular flexibility index (Phi) is 13.0. The maximum Gasteiger partial charge on any atom is 0.138 e. The highest BCUT2D eigenvalue weighted by Gasteiger charge is 2.42. The Morgan fingerprint density at radius 1 is 0.667 bits per heavy atom. The lowest BCUT2D eigenvalue weighted by molar-refractivity contribution is 0.396. The molecule has 4 aromatic rings. The lowest BCUT2D eigenvalue weighted by Gasteiger charge is -2.33. The SMILES string of the molecule is CCCCCCCCCCC1(CCCCCCCCCC)c2cc(SC#N)ccc2-c2ccc(-c3nc4ccccc4s3)cc21.